The quantitative estimate of drug-likeness (QED) is 0.734. The molecule has 27 heavy (non-hydrogen) atoms. The maximum atomic E-state index is 12.9. The lowest BCUT2D eigenvalue weighted by Gasteiger charge is -2.37. The van der Waals surface area contributed by atoms with Crippen molar-refractivity contribution in [3.05, 3.63) is 65.2 Å². The first-order chi connectivity index (χ1) is 12.9. The average Bonchev–Trinajstić information content (AvgIpc) is 2.67. The molecule has 3 rings (SSSR count). The Morgan fingerprint density at radius 2 is 1.70 bits per heavy atom. The monoisotopic (exact) mass is 376 g/mol. The van der Waals surface area contributed by atoms with E-state index in [-0.39, 0.29) is 5.92 Å². The molecule has 1 unspecified atom stereocenters. The number of anilines is 1. The highest BCUT2D eigenvalue weighted by Gasteiger charge is 2.31. The molecular weight excluding hydrogens is 353 g/mol. The van der Waals surface area contributed by atoms with Gasteiger partial charge in [0.1, 0.15) is 6.29 Å². The lowest BCUT2D eigenvalue weighted by atomic mass is 9.98. The highest BCUT2D eigenvalue weighted by atomic mass is 19.4. The number of hydrogen-bond acceptors (Lipinski definition) is 3. The van der Waals surface area contributed by atoms with Crippen LogP contribution >= 0.6 is 0 Å². The number of piperazine rings is 1. The minimum atomic E-state index is -4.33. The Morgan fingerprint density at radius 1 is 1.04 bits per heavy atom. The molecule has 0 amide bonds. The minimum absolute atomic E-state index is 0.189. The number of halogens is 3. The number of nitrogens with zero attached hydrogens (tertiary/aromatic N) is 2. The zero-order valence-corrected chi connectivity index (χ0v) is 15.2. The molecule has 0 spiro atoms. The predicted octanol–water partition coefficient (Wildman–Crippen LogP) is 4.12. The Kier molecular flexibility index (Phi) is 5.85. The molecule has 1 fully saturated rings. The summed E-state index contributed by atoms with van der Waals surface area (Å²) in [6, 6.07) is 13.4. The van der Waals surface area contributed by atoms with Gasteiger partial charge in [0, 0.05) is 38.4 Å². The standard InChI is InChI=1S/C21H23F3N2O/c1-16-5-7-17(8-6-16)18(15-27)14-25-9-11-26(12-10-25)20-4-2-3-19(13-20)21(22,23)24/h2-8,13,15,18H,9-12,14H2,1H3. The van der Waals surface area contributed by atoms with Gasteiger partial charge in [-0.2, -0.15) is 13.2 Å². The maximum absolute atomic E-state index is 12.9. The summed E-state index contributed by atoms with van der Waals surface area (Å²) >= 11 is 0. The largest absolute Gasteiger partial charge is 0.416 e. The van der Waals surface area contributed by atoms with E-state index >= 15 is 0 Å². The van der Waals surface area contributed by atoms with Gasteiger partial charge in [-0.3, -0.25) is 4.90 Å². The van der Waals surface area contributed by atoms with Crippen LogP contribution in [-0.2, 0) is 11.0 Å². The van der Waals surface area contributed by atoms with E-state index in [1.807, 2.05) is 36.1 Å². The molecule has 1 aliphatic rings. The van der Waals surface area contributed by atoms with Crippen LogP contribution in [0.25, 0.3) is 0 Å². The molecule has 0 aromatic heterocycles. The first-order valence-corrected chi connectivity index (χ1v) is 9.03. The van der Waals surface area contributed by atoms with Crippen LogP contribution in [0.2, 0.25) is 0 Å². The Bertz CT molecular complexity index is 766. The van der Waals surface area contributed by atoms with Gasteiger partial charge in [-0.15, -0.1) is 0 Å². The molecule has 2 aromatic carbocycles. The molecule has 0 saturated carbocycles. The number of alkyl halides is 3. The van der Waals surface area contributed by atoms with Crippen LogP contribution < -0.4 is 4.90 Å². The molecule has 0 N–H and O–H groups in total. The normalized spacial score (nSPS) is 17.0. The van der Waals surface area contributed by atoms with Gasteiger partial charge in [-0.25, -0.2) is 0 Å². The summed E-state index contributed by atoms with van der Waals surface area (Å²) < 4.78 is 38.7. The molecule has 3 nitrogen and oxygen atoms in total. The van der Waals surface area contributed by atoms with E-state index in [9.17, 15) is 18.0 Å². The summed E-state index contributed by atoms with van der Waals surface area (Å²) in [6.07, 6.45) is -3.35. The van der Waals surface area contributed by atoms with Crippen molar-refractivity contribution in [2.24, 2.45) is 0 Å². The number of hydrogen-bond donors (Lipinski definition) is 0. The number of aryl methyl sites for hydroxylation is 1. The van der Waals surface area contributed by atoms with Crippen LogP contribution in [-0.4, -0.2) is 43.9 Å². The van der Waals surface area contributed by atoms with Crippen molar-refractivity contribution in [1.82, 2.24) is 4.90 Å². The third-order valence-corrected chi connectivity index (χ3v) is 5.04. The van der Waals surface area contributed by atoms with Crippen LogP contribution in [0.4, 0.5) is 18.9 Å². The van der Waals surface area contributed by atoms with Gasteiger partial charge in [0.25, 0.3) is 0 Å². The smallest absolute Gasteiger partial charge is 0.369 e. The fraction of sp³-hybridized carbons (Fsp3) is 0.381. The summed E-state index contributed by atoms with van der Waals surface area (Å²) in [4.78, 5) is 15.7. The van der Waals surface area contributed by atoms with E-state index in [0.717, 1.165) is 23.5 Å². The summed E-state index contributed by atoms with van der Waals surface area (Å²) in [7, 11) is 0. The SMILES string of the molecule is Cc1ccc(C(C=O)CN2CCN(c3cccc(C(F)(F)F)c3)CC2)cc1. The van der Waals surface area contributed by atoms with Crippen molar-refractivity contribution in [3.63, 3.8) is 0 Å². The Balaban J connectivity index is 1.60. The Morgan fingerprint density at radius 3 is 2.30 bits per heavy atom. The summed E-state index contributed by atoms with van der Waals surface area (Å²) in [5, 5.41) is 0. The van der Waals surface area contributed by atoms with Crippen molar-refractivity contribution >= 4 is 12.0 Å². The van der Waals surface area contributed by atoms with E-state index < -0.39 is 11.7 Å². The summed E-state index contributed by atoms with van der Waals surface area (Å²) in [6.45, 7) is 5.34. The van der Waals surface area contributed by atoms with Crippen molar-refractivity contribution in [1.29, 1.82) is 0 Å². The first kappa shape index (κ1) is 19.4. The second kappa shape index (κ2) is 8.13. The fourth-order valence-electron chi connectivity index (χ4n) is 3.39. The molecule has 0 radical (unpaired) electrons. The van der Waals surface area contributed by atoms with E-state index in [0.29, 0.717) is 38.4 Å². The zero-order chi connectivity index (χ0) is 19.4. The lowest BCUT2D eigenvalue weighted by molar-refractivity contribution is -0.137. The van der Waals surface area contributed by atoms with Crippen LogP contribution in [0.15, 0.2) is 48.5 Å². The molecular formula is C21H23F3N2O. The number of benzene rings is 2. The molecule has 2 aromatic rings. The zero-order valence-electron chi connectivity index (χ0n) is 15.2. The molecule has 6 heteroatoms. The highest BCUT2D eigenvalue weighted by molar-refractivity contribution is 5.62. The van der Waals surface area contributed by atoms with Gasteiger partial charge in [-0.05, 0) is 30.7 Å². The van der Waals surface area contributed by atoms with Gasteiger partial charge in [0.2, 0.25) is 0 Å². The Labute approximate surface area is 157 Å². The molecule has 1 heterocycles. The number of aldehydes is 1. The van der Waals surface area contributed by atoms with E-state index in [1.165, 1.54) is 12.1 Å². The summed E-state index contributed by atoms with van der Waals surface area (Å²) in [5.41, 5.74) is 2.12. The van der Waals surface area contributed by atoms with Gasteiger partial charge >= 0.3 is 6.18 Å². The fourth-order valence-corrected chi connectivity index (χ4v) is 3.39. The second-order valence-corrected chi connectivity index (χ2v) is 6.99. The molecule has 144 valence electrons. The van der Waals surface area contributed by atoms with Crippen molar-refractivity contribution < 1.29 is 18.0 Å². The first-order valence-electron chi connectivity index (χ1n) is 9.03. The third-order valence-electron chi connectivity index (χ3n) is 5.04. The van der Waals surface area contributed by atoms with Crippen molar-refractivity contribution in [2.45, 2.75) is 19.0 Å². The molecule has 0 aliphatic carbocycles. The topological polar surface area (TPSA) is 23.6 Å². The second-order valence-electron chi connectivity index (χ2n) is 6.99. The minimum Gasteiger partial charge on any atom is -0.369 e. The van der Waals surface area contributed by atoms with E-state index in [1.54, 1.807) is 6.07 Å². The predicted molar refractivity (Wildman–Crippen MR) is 100 cm³/mol. The average molecular weight is 376 g/mol. The van der Waals surface area contributed by atoms with Gasteiger partial charge in [0.05, 0.1) is 11.5 Å². The number of rotatable bonds is 5. The highest BCUT2D eigenvalue weighted by Crippen LogP contribution is 2.32. The van der Waals surface area contributed by atoms with Gasteiger partial charge < -0.3 is 9.69 Å². The molecule has 1 aliphatic heterocycles. The lowest BCUT2D eigenvalue weighted by Crippen LogP contribution is -2.47. The molecule has 1 saturated heterocycles. The van der Waals surface area contributed by atoms with Crippen LogP contribution in [0.3, 0.4) is 0 Å². The van der Waals surface area contributed by atoms with Crippen molar-refractivity contribution in [2.75, 3.05) is 37.6 Å². The molecule has 1 atom stereocenters. The van der Waals surface area contributed by atoms with Gasteiger partial charge in [0.15, 0.2) is 0 Å². The van der Waals surface area contributed by atoms with Crippen molar-refractivity contribution in [3.8, 4) is 0 Å². The number of carbonyl (C=O) groups is 1. The van der Waals surface area contributed by atoms with Gasteiger partial charge in [-0.1, -0.05) is 35.9 Å². The maximum Gasteiger partial charge on any atom is 0.416 e. The van der Waals surface area contributed by atoms with Crippen LogP contribution in [0.5, 0.6) is 0 Å². The number of carbonyl (C=O) groups excluding carboxylic acids is 1. The van der Waals surface area contributed by atoms with Crippen LogP contribution in [0.1, 0.15) is 22.6 Å². The van der Waals surface area contributed by atoms with E-state index in [4.69, 9.17) is 0 Å². The summed E-state index contributed by atoms with van der Waals surface area (Å²) in [5.74, 6) is -0.189. The molecule has 0 bridgehead atoms. The third kappa shape index (κ3) is 4.89. The van der Waals surface area contributed by atoms with E-state index in [2.05, 4.69) is 4.90 Å². The van der Waals surface area contributed by atoms with Crippen LogP contribution in [0, 0.1) is 6.92 Å². The Hall–Kier alpha value is -2.34.